The second-order valence-corrected chi connectivity index (χ2v) is 8.63. The minimum atomic E-state index is -0.349. The van der Waals surface area contributed by atoms with Crippen LogP contribution in [0.1, 0.15) is 36.1 Å². The van der Waals surface area contributed by atoms with Crippen LogP contribution in [0, 0.1) is 5.82 Å². The van der Waals surface area contributed by atoms with Crippen molar-refractivity contribution < 1.29 is 18.7 Å². The summed E-state index contributed by atoms with van der Waals surface area (Å²) < 4.78 is 24.6. The lowest BCUT2D eigenvalue weighted by Gasteiger charge is -2.17. The van der Waals surface area contributed by atoms with Crippen LogP contribution in [0.25, 0.3) is 21.9 Å². The van der Waals surface area contributed by atoms with E-state index >= 15 is 0 Å². The zero-order valence-corrected chi connectivity index (χ0v) is 20.3. The van der Waals surface area contributed by atoms with Gasteiger partial charge in [-0.3, -0.25) is 4.79 Å². The molecule has 0 aliphatic rings. The number of hydrogen-bond acceptors (Lipinski definition) is 4. The minimum absolute atomic E-state index is 0.135. The molecule has 0 saturated heterocycles. The Hall–Kier alpha value is -3.70. The third kappa shape index (κ3) is 5.87. The molecule has 180 valence electrons. The molecule has 1 N–H and O–H groups in total. The number of esters is 1. The first-order chi connectivity index (χ1) is 17.0. The molecule has 0 bridgehead atoms. The Morgan fingerprint density at radius 1 is 0.971 bits per heavy atom. The molecule has 0 aromatic heterocycles. The minimum Gasteiger partial charge on any atom is -0.497 e. The Labute approximate surface area is 205 Å². The largest absolute Gasteiger partial charge is 0.497 e. The fourth-order valence-corrected chi connectivity index (χ4v) is 4.29. The van der Waals surface area contributed by atoms with Gasteiger partial charge in [-0.15, -0.1) is 0 Å². The van der Waals surface area contributed by atoms with Crippen molar-refractivity contribution in [3.63, 3.8) is 0 Å². The van der Waals surface area contributed by atoms with Crippen LogP contribution in [0.5, 0.6) is 5.75 Å². The molecule has 0 spiro atoms. The molecule has 35 heavy (non-hydrogen) atoms. The van der Waals surface area contributed by atoms with Crippen molar-refractivity contribution in [2.24, 2.45) is 0 Å². The van der Waals surface area contributed by atoms with Gasteiger partial charge in [0, 0.05) is 19.0 Å². The molecule has 1 atom stereocenters. The number of aryl methyl sites for hydroxylation is 1. The smallest absolute Gasteiger partial charge is 0.305 e. The van der Waals surface area contributed by atoms with Gasteiger partial charge in [0.25, 0.3) is 0 Å². The summed E-state index contributed by atoms with van der Waals surface area (Å²) in [5, 5.41) is 5.82. The number of ether oxygens (including phenoxy) is 2. The molecular weight excluding hydrogens is 441 g/mol. The molecule has 1 unspecified atom stereocenters. The van der Waals surface area contributed by atoms with Gasteiger partial charge in [-0.1, -0.05) is 42.5 Å². The summed E-state index contributed by atoms with van der Waals surface area (Å²) in [4.78, 5) is 11.6. The molecular formula is C30H30FNO3. The third-order valence-corrected chi connectivity index (χ3v) is 6.31. The summed E-state index contributed by atoms with van der Waals surface area (Å²) in [5.41, 5.74) is 4.75. The second-order valence-electron chi connectivity index (χ2n) is 8.63. The van der Waals surface area contributed by atoms with Crippen LogP contribution >= 0.6 is 0 Å². The monoisotopic (exact) mass is 471 g/mol. The average molecular weight is 472 g/mol. The maximum Gasteiger partial charge on any atom is 0.305 e. The first kappa shape index (κ1) is 24.4. The van der Waals surface area contributed by atoms with Gasteiger partial charge in [-0.2, -0.15) is 0 Å². The molecule has 0 aliphatic carbocycles. The third-order valence-electron chi connectivity index (χ3n) is 6.31. The summed E-state index contributed by atoms with van der Waals surface area (Å²) in [7, 11) is 3.01. The SMILES string of the molecule is COC(=O)CCc1cc(-c2cc(CNC(C)c3cccc(OC)c3)cc3ccccc23)ccc1F. The van der Waals surface area contributed by atoms with Gasteiger partial charge in [0.05, 0.1) is 14.2 Å². The standard InChI is InChI=1S/C30H30FNO3/c1-20(22-8-6-9-26(18-22)34-2)32-19-21-15-23-7-4-5-10-27(23)28(16-21)24-11-13-29(31)25(17-24)12-14-30(33)35-3/h4-11,13,15-18,20,32H,12,14,19H2,1-3H3. The molecule has 4 nitrogen and oxygen atoms in total. The van der Waals surface area contributed by atoms with E-state index in [2.05, 4.69) is 42.6 Å². The highest BCUT2D eigenvalue weighted by Crippen LogP contribution is 2.32. The van der Waals surface area contributed by atoms with Crippen LogP contribution in [-0.2, 0) is 22.5 Å². The maximum atomic E-state index is 14.5. The van der Waals surface area contributed by atoms with E-state index in [-0.39, 0.29) is 24.2 Å². The van der Waals surface area contributed by atoms with E-state index in [4.69, 9.17) is 9.47 Å². The van der Waals surface area contributed by atoms with Gasteiger partial charge in [-0.25, -0.2) is 4.39 Å². The number of halogens is 1. The van der Waals surface area contributed by atoms with Crippen LogP contribution < -0.4 is 10.1 Å². The van der Waals surface area contributed by atoms with Gasteiger partial charge in [0.2, 0.25) is 0 Å². The zero-order valence-electron chi connectivity index (χ0n) is 20.3. The van der Waals surface area contributed by atoms with Crippen molar-refractivity contribution >= 4 is 16.7 Å². The molecule has 4 aromatic carbocycles. The van der Waals surface area contributed by atoms with E-state index in [1.54, 1.807) is 13.2 Å². The van der Waals surface area contributed by atoms with E-state index in [1.807, 2.05) is 36.4 Å². The lowest BCUT2D eigenvalue weighted by Crippen LogP contribution is -2.18. The average Bonchev–Trinajstić information content (AvgIpc) is 2.90. The van der Waals surface area contributed by atoms with Gasteiger partial charge in [0.1, 0.15) is 11.6 Å². The molecule has 0 saturated carbocycles. The van der Waals surface area contributed by atoms with Crippen LogP contribution in [0.4, 0.5) is 4.39 Å². The van der Waals surface area contributed by atoms with E-state index < -0.39 is 0 Å². The fraction of sp³-hybridized carbons (Fsp3) is 0.233. The van der Waals surface area contributed by atoms with Gasteiger partial charge in [0.15, 0.2) is 0 Å². The lowest BCUT2D eigenvalue weighted by atomic mass is 9.93. The number of hydrogen-bond donors (Lipinski definition) is 1. The first-order valence-electron chi connectivity index (χ1n) is 11.7. The number of fused-ring (bicyclic) bond motifs is 1. The predicted molar refractivity (Wildman–Crippen MR) is 138 cm³/mol. The summed E-state index contributed by atoms with van der Waals surface area (Å²) in [6, 6.07) is 25.9. The highest BCUT2D eigenvalue weighted by atomic mass is 19.1. The van der Waals surface area contributed by atoms with Crippen molar-refractivity contribution in [2.45, 2.75) is 32.4 Å². The van der Waals surface area contributed by atoms with Crippen LogP contribution in [0.15, 0.2) is 78.9 Å². The number of carbonyl (C=O) groups is 1. The van der Waals surface area contributed by atoms with Crippen LogP contribution in [0.3, 0.4) is 0 Å². The molecule has 5 heteroatoms. The highest BCUT2D eigenvalue weighted by Gasteiger charge is 2.12. The van der Waals surface area contributed by atoms with Crippen molar-refractivity contribution in [3.8, 4) is 16.9 Å². The molecule has 0 fully saturated rings. The number of benzene rings is 4. The Morgan fingerprint density at radius 2 is 1.80 bits per heavy atom. The Morgan fingerprint density at radius 3 is 2.60 bits per heavy atom. The second kappa shape index (κ2) is 11.2. The fourth-order valence-electron chi connectivity index (χ4n) is 4.29. The lowest BCUT2D eigenvalue weighted by molar-refractivity contribution is -0.140. The molecule has 0 amide bonds. The van der Waals surface area contributed by atoms with Crippen molar-refractivity contribution in [2.75, 3.05) is 14.2 Å². The highest BCUT2D eigenvalue weighted by molar-refractivity contribution is 5.97. The quantitative estimate of drug-likeness (QED) is 0.279. The van der Waals surface area contributed by atoms with Crippen molar-refractivity contribution in [1.82, 2.24) is 5.32 Å². The molecule has 0 radical (unpaired) electrons. The Balaban J connectivity index is 1.63. The normalized spacial score (nSPS) is 11.9. The van der Waals surface area contributed by atoms with E-state index in [0.717, 1.165) is 38.8 Å². The Kier molecular flexibility index (Phi) is 7.78. The summed E-state index contributed by atoms with van der Waals surface area (Å²) in [6.45, 7) is 2.80. The molecule has 0 heterocycles. The van der Waals surface area contributed by atoms with Crippen LogP contribution in [-0.4, -0.2) is 20.2 Å². The Bertz CT molecular complexity index is 1330. The summed E-state index contributed by atoms with van der Waals surface area (Å²) in [6.07, 6.45) is 0.438. The topological polar surface area (TPSA) is 47.6 Å². The van der Waals surface area contributed by atoms with Crippen molar-refractivity contribution in [3.05, 3.63) is 101 Å². The van der Waals surface area contributed by atoms with Gasteiger partial charge >= 0.3 is 5.97 Å². The molecule has 4 aromatic rings. The number of rotatable bonds is 9. The zero-order chi connectivity index (χ0) is 24.8. The van der Waals surface area contributed by atoms with E-state index in [9.17, 15) is 9.18 Å². The van der Waals surface area contributed by atoms with Crippen molar-refractivity contribution in [1.29, 1.82) is 0 Å². The summed E-state index contributed by atoms with van der Waals surface area (Å²) in [5.74, 6) is 0.175. The number of carbonyl (C=O) groups excluding carboxylic acids is 1. The van der Waals surface area contributed by atoms with E-state index in [1.165, 1.54) is 13.2 Å². The van der Waals surface area contributed by atoms with Gasteiger partial charge in [-0.05, 0) is 88.3 Å². The predicted octanol–water partition coefficient (Wildman–Crippen LogP) is 6.61. The number of nitrogens with one attached hydrogen (secondary N) is 1. The van der Waals surface area contributed by atoms with Crippen LogP contribution in [0.2, 0.25) is 0 Å². The number of methoxy groups -OCH3 is 2. The van der Waals surface area contributed by atoms with E-state index in [0.29, 0.717) is 18.5 Å². The molecule has 4 rings (SSSR count). The summed E-state index contributed by atoms with van der Waals surface area (Å²) >= 11 is 0. The molecule has 0 aliphatic heterocycles. The first-order valence-corrected chi connectivity index (χ1v) is 11.7. The van der Waals surface area contributed by atoms with Gasteiger partial charge < -0.3 is 14.8 Å². The maximum absolute atomic E-state index is 14.5.